The summed E-state index contributed by atoms with van der Waals surface area (Å²) in [5, 5.41) is 4.74. The van der Waals surface area contributed by atoms with Crippen molar-refractivity contribution in [1.82, 2.24) is 0 Å². The van der Waals surface area contributed by atoms with Crippen molar-refractivity contribution in [2.75, 3.05) is 4.90 Å². The van der Waals surface area contributed by atoms with Gasteiger partial charge in [-0.3, -0.25) is 0 Å². The molecule has 0 bridgehead atoms. The average Bonchev–Trinajstić information content (AvgIpc) is 3.87. The van der Waals surface area contributed by atoms with Crippen LogP contribution in [0.2, 0.25) is 0 Å². The summed E-state index contributed by atoms with van der Waals surface area (Å²) in [4.78, 5) is 2.51. The Hall–Kier alpha value is -6.42. The Balaban J connectivity index is 1.27. The van der Waals surface area contributed by atoms with E-state index in [9.17, 15) is 0 Å². The molecule has 8 aromatic carbocycles. The van der Waals surface area contributed by atoms with Gasteiger partial charge in [-0.25, -0.2) is 0 Å². The number of para-hydroxylation sites is 1. The Morgan fingerprint density at radius 3 is 1.98 bits per heavy atom. The van der Waals surface area contributed by atoms with E-state index >= 15 is 0 Å². The Morgan fingerprint density at radius 1 is 0.463 bits per heavy atom. The number of furan rings is 1. The highest BCUT2D eigenvalue weighted by Gasteiger charge is 2.38. The van der Waals surface area contributed by atoms with Gasteiger partial charge in [0.2, 0.25) is 0 Å². The zero-order valence-electron chi connectivity index (χ0n) is 30.0. The zero-order valence-corrected chi connectivity index (χ0v) is 30.8. The van der Waals surface area contributed by atoms with E-state index in [0.717, 1.165) is 39.0 Å². The van der Waals surface area contributed by atoms with Crippen molar-refractivity contribution in [3.05, 3.63) is 187 Å². The minimum atomic E-state index is -0.197. The molecule has 11 rings (SSSR count). The lowest BCUT2D eigenvalue weighted by atomic mass is 9.81. The van der Waals surface area contributed by atoms with Crippen molar-refractivity contribution < 1.29 is 4.42 Å². The molecule has 0 fully saturated rings. The molecule has 256 valence electrons. The van der Waals surface area contributed by atoms with Gasteiger partial charge in [0.1, 0.15) is 11.2 Å². The number of hydrogen-bond acceptors (Lipinski definition) is 3. The summed E-state index contributed by atoms with van der Waals surface area (Å²) in [5.41, 5.74) is 15.2. The van der Waals surface area contributed by atoms with Gasteiger partial charge in [-0.05, 0) is 99.1 Å². The van der Waals surface area contributed by atoms with E-state index in [1.807, 2.05) is 11.3 Å². The minimum Gasteiger partial charge on any atom is -0.456 e. The highest BCUT2D eigenvalue weighted by Crippen LogP contribution is 2.56. The van der Waals surface area contributed by atoms with Gasteiger partial charge in [0.25, 0.3) is 0 Å². The molecule has 1 aliphatic carbocycles. The fourth-order valence-corrected chi connectivity index (χ4v) is 10.0. The summed E-state index contributed by atoms with van der Waals surface area (Å²) >= 11 is 1.86. The van der Waals surface area contributed by atoms with E-state index in [1.54, 1.807) is 0 Å². The van der Waals surface area contributed by atoms with Gasteiger partial charge < -0.3 is 9.32 Å². The number of hydrogen-bond donors (Lipinski definition) is 0. The molecule has 54 heavy (non-hydrogen) atoms. The largest absolute Gasteiger partial charge is 0.456 e. The summed E-state index contributed by atoms with van der Waals surface area (Å²) in [6.07, 6.45) is 0. The highest BCUT2D eigenvalue weighted by molar-refractivity contribution is 7.26. The van der Waals surface area contributed by atoms with Gasteiger partial charge in [-0.15, -0.1) is 11.3 Å². The maximum atomic E-state index is 6.54. The van der Waals surface area contributed by atoms with Crippen LogP contribution < -0.4 is 4.90 Å². The van der Waals surface area contributed by atoms with E-state index < -0.39 is 0 Å². The van der Waals surface area contributed by atoms with Crippen LogP contribution in [0.4, 0.5) is 17.1 Å². The highest BCUT2D eigenvalue weighted by atomic mass is 32.1. The smallest absolute Gasteiger partial charge is 0.137 e. The molecule has 0 radical (unpaired) electrons. The SMILES string of the molecule is CC1(C)c2ccccc2-c2c(-c3ccccc3)cc(N(c3cccc4oc5ccccc5c34)c3cccc4sc5ccc(-c6ccccc6)cc5c34)cc21. The molecular weight excluding hydrogens is 675 g/mol. The molecule has 0 amide bonds. The van der Waals surface area contributed by atoms with Crippen molar-refractivity contribution in [2.45, 2.75) is 19.3 Å². The van der Waals surface area contributed by atoms with Gasteiger partial charge in [-0.2, -0.15) is 0 Å². The molecule has 10 aromatic rings. The number of rotatable bonds is 5. The molecule has 2 nitrogen and oxygen atoms in total. The monoisotopic (exact) mass is 709 g/mol. The van der Waals surface area contributed by atoms with Gasteiger partial charge >= 0.3 is 0 Å². The Kier molecular flexibility index (Phi) is 6.80. The molecule has 3 heteroatoms. The topological polar surface area (TPSA) is 16.4 Å². The second kappa shape index (κ2) is 11.8. The van der Waals surface area contributed by atoms with Crippen molar-refractivity contribution >= 4 is 70.5 Å². The molecule has 0 N–H and O–H groups in total. The van der Waals surface area contributed by atoms with Crippen LogP contribution in [-0.2, 0) is 5.41 Å². The van der Waals surface area contributed by atoms with E-state index in [1.165, 1.54) is 64.7 Å². The van der Waals surface area contributed by atoms with Gasteiger partial charge in [-0.1, -0.05) is 135 Å². The van der Waals surface area contributed by atoms with Crippen LogP contribution >= 0.6 is 11.3 Å². The predicted molar refractivity (Wildman–Crippen MR) is 230 cm³/mol. The Morgan fingerprint density at radius 2 is 1.15 bits per heavy atom. The zero-order chi connectivity index (χ0) is 36.0. The maximum absolute atomic E-state index is 6.54. The van der Waals surface area contributed by atoms with Crippen LogP contribution in [0.1, 0.15) is 25.0 Å². The summed E-state index contributed by atoms with van der Waals surface area (Å²) < 4.78 is 9.08. The predicted octanol–water partition coefficient (Wildman–Crippen LogP) is 15.1. The maximum Gasteiger partial charge on any atom is 0.137 e. The summed E-state index contributed by atoms with van der Waals surface area (Å²) in [7, 11) is 0. The van der Waals surface area contributed by atoms with Gasteiger partial charge in [0.15, 0.2) is 0 Å². The van der Waals surface area contributed by atoms with Crippen LogP contribution in [0, 0.1) is 0 Å². The molecule has 1 aliphatic rings. The Bertz CT molecular complexity index is 3080. The summed E-state index contributed by atoms with van der Waals surface area (Å²) in [6.45, 7) is 4.76. The lowest BCUT2D eigenvalue weighted by Crippen LogP contribution is -2.17. The molecule has 2 aromatic heterocycles. The average molecular weight is 710 g/mol. The molecule has 0 spiro atoms. The third-order valence-corrected chi connectivity index (χ3v) is 12.6. The molecule has 2 heterocycles. The lowest BCUT2D eigenvalue weighted by molar-refractivity contribution is 0.660. The second-order valence-corrected chi connectivity index (χ2v) is 15.9. The molecular formula is C51H35NOS. The van der Waals surface area contributed by atoms with E-state index in [-0.39, 0.29) is 5.41 Å². The lowest BCUT2D eigenvalue weighted by Gasteiger charge is -2.30. The van der Waals surface area contributed by atoms with Crippen molar-refractivity contribution in [3.63, 3.8) is 0 Å². The van der Waals surface area contributed by atoms with Crippen LogP contribution in [0.5, 0.6) is 0 Å². The number of thiophene rings is 1. The van der Waals surface area contributed by atoms with Gasteiger partial charge in [0.05, 0.1) is 16.8 Å². The summed E-state index contributed by atoms with van der Waals surface area (Å²) in [5.74, 6) is 0. The fourth-order valence-electron chi connectivity index (χ4n) is 8.93. The second-order valence-electron chi connectivity index (χ2n) is 14.9. The molecule has 0 saturated carbocycles. The van der Waals surface area contributed by atoms with E-state index in [4.69, 9.17) is 4.42 Å². The Labute approximate surface area is 318 Å². The first-order valence-corrected chi connectivity index (χ1v) is 19.4. The first-order chi connectivity index (χ1) is 26.5. The first kappa shape index (κ1) is 31.1. The first-order valence-electron chi connectivity index (χ1n) is 18.6. The van der Waals surface area contributed by atoms with Crippen molar-refractivity contribution in [2.24, 2.45) is 0 Å². The van der Waals surface area contributed by atoms with Crippen molar-refractivity contribution in [1.29, 1.82) is 0 Å². The van der Waals surface area contributed by atoms with Crippen LogP contribution in [0.15, 0.2) is 180 Å². The van der Waals surface area contributed by atoms with Crippen molar-refractivity contribution in [3.8, 4) is 33.4 Å². The number of nitrogens with zero attached hydrogens (tertiary/aromatic N) is 1. The molecule has 0 unspecified atom stereocenters. The normalized spacial score (nSPS) is 13.1. The van der Waals surface area contributed by atoms with E-state index in [2.05, 4.69) is 195 Å². The van der Waals surface area contributed by atoms with Crippen LogP contribution in [0.25, 0.3) is 75.5 Å². The fraction of sp³-hybridized carbons (Fsp3) is 0.0588. The third-order valence-electron chi connectivity index (χ3n) is 11.5. The molecule has 0 aliphatic heterocycles. The third kappa shape index (κ3) is 4.58. The minimum absolute atomic E-state index is 0.197. The van der Waals surface area contributed by atoms with Crippen LogP contribution in [0.3, 0.4) is 0 Å². The standard InChI is InChI=1S/C51H35NOS/c1-51(2)40-21-11-9-19-36(40)48-38(33-17-7-4-8-18-33)30-35(31-41(48)51)52(42-22-13-25-45-49(42)37-20-10-12-24-44(37)53-45)43-23-14-26-47-50(43)39-29-34(27-28-46(39)54-47)32-15-5-3-6-16-32/h3-31H,1-2H3. The molecule has 0 saturated heterocycles. The number of anilines is 3. The molecule has 0 atom stereocenters. The summed E-state index contributed by atoms with van der Waals surface area (Å²) in [6, 6.07) is 64.1. The number of fused-ring (bicyclic) bond motifs is 9. The quantitative estimate of drug-likeness (QED) is 0.177. The van der Waals surface area contributed by atoms with E-state index in [0.29, 0.717) is 0 Å². The van der Waals surface area contributed by atoms with Crippen LogP contribution in [-0.4, -0.2) is 0 Å². The van der Waals surface area contributed by atoms with Gasteiger partial charge in [0, 0.05) is 36.7 Å². The number of benzene rings is 8.